The van der Waals surface area contributed by atoms with Crippen molar-refractivity contribution in [2.75, 3.05) is 17.7 Å². The SMILES string of the molecule is CC1CCc2c(sc3nc(SCC(=O)Nc4nnc(C5CCCO5)s4)n(-c4ccccc4)c(=O)c23)C1. The summed E-state index contributed by atoms with van der Waals surface area (Å²) in [6.45, 7) is 2.99. The Morgan fingerprint density at radius 3 is 2.89 bits per heavy atom. The van der Waals surface area contributed by atoms with Crippen molar-refractivity contribution in [2.24, 2.45) is 5.92 Å². The van der Waals surface area contributed by atoms with Crippen LogP contribution in [0.1, 0.15) is 47.7 Å². The van der Waals surface area contributed by atoms with Crippen molar-refractivity contribution in [2.45, 2.75) is 50.3 Å². The maximum atomic E-state index is 13.8. The second-order valence-electron chi connectivity index (χ2n) is 9.19. The van der Waals surface area contributed by atoms with E-state index in [9.17, 15) is 9.59 Å². The number of ether oxygens (including phenoxy) is 1. The quantitative estimate of drug-likeness (QED) is 0.272. The van der Waals surface area contributed by atoms with E-state index in [1.54, 1.807) is 15.9 Å². The fraction of sp³-hybridized carbons (Fsp3) is 0.400. The maximum Gasteiger partial charge on any atom is 0.267 e. The standard InChI is InChI=1S/C25H25N5O3S3/c1-14-9-10-16-18(12-14)35-22-20(16)23(32)30(15-6-3-2-4-7-15)25(27-22)34-13-19(31)26-24-29-28-21(36-24)17-8-5-11-33-17/h2-4,6-7,14,17H,5,8-13H2,1H3,(H,26,29,31). The summed E-state index contributed by atoms with van der Waals surface area (Å²) in [5.74, 6) is 0.491. The number of nitrogens with zero attached hydrogens (tertiary/aromatic N) is 4. The first kappa shape index (κ1) is 23.8. The van der Waals surface area contributed by atoms with Gasteiger partial charge in [0, 0.05) is 11.5 Å². The van der Waals surface area contributed by atoms with Crippen molar-refractivity contribution in [1.29, 1.82) is 0 Å². The number of para-hydroxylation sites is 1. The Bertz CT molecular complexity index is 1470. The molecule has 0 bridgehead atoms. The number of nitrogens with one attached hydrogen (secondary N) is 1. The summed E-state index contributed by atoms with van der Waals surface area (Å²) in [5.41, 5.74) is 1.84. The molecule has 8 nitrogen and oxygen atoms in total. The summed E-state index contributed by atoms with van der Waals surface area (Å²) < 4.78 is 7.30. The van der Waals surface area contributed by atoms with Crippen LogP contribution >= 0.6 is 34.4 Å². The molecule has 1 fully saturated rings. The van der Waals surface area contributed by atoms with Crippen LogP contribution in [0.4, 0.5) is 5.13 Å². The van der Waals surface area contributed by atoms with Crippen molar-refractivity contribution in [3.8, 4) is 5.69 Å². The predicted octanol–water partition coefficient (Wildman–Crippen LogP) is 5.01. The summed E-state index contributed by atoms with van der Waals surface area (Å²) in [5, 5.41) is 13.6. The number of hydrogen-bond donors (Lipinski definition) is 1. The van der Waals surface area contributed by atoms with E-state index in [1.807, 2.05) is 30.3 Å². The van der Waals surface area contributed by atoms with Crippen molar-refractivity contribution in [3.63, 3.8) is 0 Å². The first-order chi connectivity index (χ1) is 17.6. The summed E-state index contributed by atoms with van der Waals surface area (Å²) in [6.07, 6.45) is 4.89. The van der Waals surface area contributed by atoms with Gasteiger partial charge in [-0.3, -0.25) is 19.5 Å². The molecule has 1 amide bonds. The average molecular weight is 540 g/mol. The van der Waals surface area contributed by atoms with Gasteiger partial charge in [0.05, 0.1) is 16.8 Å². The van der Waals surface area contributed by atoms with Crippen LogP contribution in [0.25, 0.3) is 15.9 Å². The maximum absolute atomic E-state index is 13.8. The Labute approximate surface area is 220 Å². The van der Waals surface area contributed by atoms with E-state index in [4.69, 9.17) is 9.72 Å². The molecule has 1 aromatic carbocycles. The molecule has 186 valence electrons. The summed E-state index contributed by atoms with van der Waals surface area (Å²) in [7, 11) is 0. The second kappa shape index (κ2) is 10.0. The second-order valence-corrected chi connectivity index (χ2v) is 12.2. The van der Waals surface area contributed by atoms with Gasteiger partial charge in [-0.15, -0.1) is 21.5 Å². The van der Waals surface area contributed by atoms with Crippen molar-refractivity contribution < 1.29 is 9.53 Å². The molecule has 3 aromatic heterocycles. The largest absolute Gasteiger partial charge is 0.371 e. The number of rotatable bonds is 6. The fourth-order valence-corrected chi connectivity index (χ4v) is 7.83. The molecule has 1 aliphatic carbocycles. The number of benzene rings is 1. The normalized spacial score (nSPS) is 19.5. The van der Waals surface area contributed by atoms with Gasteiger partial charge < -0.3 is 4.74 Å². The number of amides is 1. The molecule has 2 aliphatic rings. The molecule has 36 heavy (non-hydrogen) atoms. The summed E-state index contributed by atoms with van der Waals surface area (Å²) in [4.78, 5) is 33.5. The highest BCUT2D eigenvalue weighted by Crippen LogP contribution is 2.37. The van der Waals surface area contributed by atoms with E-state index in [-0.39, 0.29) is 23.3 Å². The number of hydrogen-bond acceptors (Lipinski definition) is 9. The van der Waals surface area contributed by atoms with E-state index < -0.39 is 0 Å². The Kier molecular flexibility index (Phi) is 6.63. The van der Waals surface area contributed by atoms with Gasteiger partial charge in [0.1, 0.15) is 15.9 Å². The highest BCUT2D eigenvalue weighted by Gasteiger charge is 2.26. The van der Waals surface area contributed by atoms with Crippen LogP contribution in [0, 0.1) is 5.92 Å². The molecule has 0 radical (unpaired) electrons. The van der Waals surface area contributed by atoms with Gasteiger partial charge in [0.2, 0.25) is 11.0 Å². The van der Waals surface area contributed by atoms with Gasteiger partial charge in [-0.25, -0.2) is 4.98 Å². The van der Waals surface area contributed by atoms with E-state index in [2.05, 4.69) is 22.4 Å². The van der Waals surface area contributed by atoms with E-state index in [0.717, 1.165) is 65.2 Å². The van der Waals surface area contributed by atoms with Gasteiger partial charge in [0.25, 0.3) is 5.56 Å². The van der Waals surface area contributed by atoms with Gasteiger partial charge in [0.15, 0.2) is 5.16 Å². The first-order valence-corrected chi connectivity index (χ1v) is 14.7. The van der Waals surface area contributed by atoms with Crippen LogP contribution in [-0.2, 0) is 22.4 Å². The molecule has 0 spiro atoms. The van der Waals surface area contributed by atoms with E-state index >= 15 is 0 Å². The number of thioether (sulfide) groups is 1. The monoisotopic (exact) mass is 539 g/mol. The molecule has 4 heterocycles. The Morgan fingerprint density at radius 1 is 1.22 bits per heavy atom. The molecule has 1 N–H and O–H groups in total. The van der Waals surface area contributed by atoms with E-state index in [0.29, 0.717) is 16.2 Å². The third-order valence-corrected chi connectivity index (χ3v) is 9.55. The van der Waals surface area contributed by atoms with Crippen LogP contribution in [0.3, 0.4) is 0 Å². The number of aryl methyl sites for hydroxylation is 1. The van der Waals surface area contributed by atoms with Crippen molar-refractivity contribution in [1.82, 2.24) is 19.7 Å². The zero-order valence-corrected chi connectivity index (χ0v) is 22.2. The lowest BCUT2D eigenvalue weighted by molar-refractivity contribution is -0.113. The van der Waals surface area contributed by atoms with E-state index in [1.165, 1.54) is 28.0 Å². The Hall–Kier alpha value is -2.60. The lowest BCUT2D eigenvalue weighted by Crippen LogP contribution is -2.23. The average Bonchev–Trinajstić information content (AvgIpc) is 3.63. The molecule has 11 heteroatoms. The number of fused-ring (bicyclic) bond motifs is 3. The minimum absolute atomic E-state index is 0.0293. The lowest BCUT2D eigenvalue weighted by Gasteiger charge is -2.17. The van der Waals surface area contributed by atoms with Crippen molar-refractivity contribution >= 4 is 55.7 Å². The fourth-order valence-electron chi connectivity index (χ4n) is 4.75. The summed E-state index contributed by atoms with van der Waals surface area (Å²) in [6, 6.07) is 9.52. The molecule has 2 atom stereocenters. The number of aromatic nitrogens is 4. The molecular weight excluding hydrogens is 515 g/mol. The zero-order valence-electron chi connectivity index (χ0n) is 19.7. The highest BCUT2D eigenvalue weighted by molar-refractivity contribution is 7.99. The number of carbonyl (C=O) groups is 1. The predicted molar refractivity (Wildman–Crippen MR) is 144 cm³/mol. The minimum atomic E-state index is -0.219. The third-order valence-electron chi connectivity index (χ3n) is 6.54. The molecular formula is C25H25N5O3S3. The molecule has 4 aromatic rings. The zero-order chi connectivity index (χ0) is 24.6. The summed E-state index contributed by atoms with van der Waals surface area (Å²) >= 11 is 4.22. The smallest absolute Gasteiger partial charge is 0.267 e. The minimum Gasteiger partial charge on any atom is -0.371 e. The molecule has 6 rings (SSSR count). The van der Waals surface area contributed by atoms with Crippen LogP contribution in [0.2, 0.25) is 0 Å². The molecule has 0 saturated carbocycles. The lowest BCUT2D eigenvalue weighted by atomic mass is 9.89. The van der Waals surface area contributed by atoms with Crippen LogP contribution < -0.4 is 10.9 Å². The first-order valence-electron chi connectivity index (χ1n) is 12.1. The Balaban J connectivity index is 1.28. The Morgan fingerprint density at radius 2 is 2.08 bits per heavy atom. The van der Waals surface area contributed by atoms with Gasteiger partial charge >= 0.3 is 0 Å². The van der Waals surface area contributed by atoms with Crippen LogP contribution in [0.15, 0.2) is 40.3 Å². The van der Waals surface area contributed by atoms with Crippen LogP contribution in [0.5, 0.6) is 0 Å². The number of thiophene rings is 1. The molecule has 2 unspecified atom stereocenters. The number of anilines is 1. The molecule has 1 saturated heterocycles. The molecule has 1 aliphatic heterocycles. The van der Waals surface area contributed by atoms with Crippen LogP contribution in [-0.4, -0.2) is 38.0 Å². The third kappa shape index (κ3) is 4.60. The van der Waals surface area contributed by atoms with Gasteiger partial charge in [-0.2, -0.15) is 0 Å². The van der Waals surface area contributed by atoms with Crippen molar-refractivity contribution in [3.05, 3.63) is 56.1 Å². The number of carbonyl (C=O) groups excluding carboxylic acids is 1. The highest BCUT2D eigenvalue weighted by atomic mass is 32.2. The van der Waals surface area contributed by atoms with Gasteiger partial charge in [-0.05, 0) is 55.7 Å². The van der Waals surface area contributed by atoms with Gasteiger partial charge in [-0.1, -0.05) is 48.2 Å². The topological polar surface area (TPSA) is 99.0 Å².